The summed E-state index contributed by atoms with van der Waals surface area (Å²) in [5.41, 5.74) is 0. The Morgan fingerprint density at radius 1 is 0.967 bits per heavy atom. The SMILES string of the molecule is CC(C)CN[C@H]1C[C@@H](C(=O)N2CCOCC2)CN(C(=O)O)C1.O=C(O)CCC(=O)O. The van der Waals surface area contributed by atoms with E-state index in [1.807, 2.05) is 0 Å². The maximum absolute atomic E-state index is 12.6. The second-order valence-corrected chi connectivity index (χ2v) is 7.84. The molecule has 2 saturated heterocycles. The quantitative estimate of drug-likeness (QED) is 0.448. The summed E-state index contributed by atoms with van der Waals surface area (Å²) < 4.78 is 5.27. The number of piperidine rings is 1. The fourth-order valence-corrected chi connectivity index (χ4v) is 3.24. The molecule has 4 N–H and O–H groups in total. The minimum atomic E-state index is -1.08. The molecule has 2 fully saturated rings. The average molecular weight is 431 g/mol. The van der Waals surface area contributed by atoms with Gasteiger partial charge in [-0.3, -0.25) is 14.4 Å². The topological polar surface area (TPSA) is 157 Å². The van der Waals surface area contributed by atoms with Gasteiger partial charge in [0.15, 0.2) is 0 Å². The number of rotatable bonds is 7. The van der Waals surface area contributed by atoms with Gasteiger partial charge in [0, 0.05) is 32.2 Å². The van der Waals surface area contributed by atoms with Crippen molar-refractivity contribution in [2.45, 2.75) is 39.2 Å². The van der Waals surface area contributed by atoms with Gasteiger partial charge in [-0.2, -0.15) is 0 Å². The zero-order valence-corrected chi connectivity index (χ0v) is 17.6. The molecule has 172 valence electrons. The van der Waals surface area contributed by atoms with Crippen molar-refractivity contribution in [2.24, 2.45) is 11.8 Å². The number of morpholine rings is 1. The molecule has 2 amide bonds. The first-order valence-electron chi connectivity index (χ1n) is 10.1. The van der Waals surface area contributed by atoms with Gasteiger partial charge < -0.3 is 35.2 Å². The molecule has 2 rings (SSSR count). The van der Waals surface area contributed by atoms with E-state index in [0.717, 1.165) is 6.54 Å². The van der Waals surface area contributed by atoms with Crippen LogP contribution in [0.1, 0.15) is 33.1 Å². The van der Waals surface area contributed by atoms with Gasteiger partial charge in [-0.25, -0.2) is 4.79 Å². The molecular weight excluding hydrogens is 398 g/mol. The number of carboxylic acid groups (broad SMARTS) is 3. The highest BCUT2D eigenvalue weighted by molar-refractivity contribution is 5.80. The molecule has 0 bridgehead atoms. The predicted molar refractivity (Wildman–Crippen MR) is 106 cm³/mol. The van der Waals surface area contributed by atoms with Crippen LogP contribution in [-0.4, -0.2) is 101 Å². The van der Waals surface area contributed by atoms with E-state index in [2.05, 4.69) is 19.2 Å². The third-order valence-corrected chi connectivity index (χ3v) is 4.76. The molecule has 0 aromatic rings. The van der Waals surface area contributed by atoms with Crippen LogP contribution in [0, 0.1) is 11.8 Å². The zero-order valence-electron chi connectivity index (χ0n) is 17.6. The van der Waals surface area contributed by atoms with Gasteiger partial charge in [-0.15, -0.1) is 0 Å². The number of nitrogens with one attached hydrogen (secondary N) is 1. The predicted octanol–water partition coefficient (Wildman–Crippen LogP) is 0.395. The Balaban J connectivity index is 0.000000479. The van der Waals surface area contributed by atoms with E-state index >= 15 is 0 Å². The maximum atomic E-state index is 12.6. The molecule has 0 aromatic heterocycles. The molecule has 0 spiro atoms. The van der Waals surface area contributed by atoms with Crippen LogP contribution in [0.5, 0.6) is 0 Å². The summed E-state index contributed by atoms with van der Waals surface area (Å²) in [6, 6.07) is 0.0437. The highest BCUT2D eigenvalue weighted by atomic mass is 16.5. The lowest BCUT2D eigenvalue weighted by atomic mass is 9.92. The van der Waals surface area contributed by atoms with Gasteiger partial charge >= 0.3 is 18.0 Å². The highest BCUT2D eigenvalue weighted by Crippen LogP contribution is 2.20. The second kappa shape index (κ2) is 13.0. The van der Waals surface area contributed by atoms with Gasteiger partial charge in [0.1, 0.15) is 0 Å². The number of aliphatic carboxylic acids is 2. The van der Waals surface area contributed by atoms with Gasteiger partial charge in [0.2, 0.25) is 5.91 Å². The molecule has 2 aliphatic rings. The molecule has 0 saturated carbocycles. The van der Waals surface area contributed by atoms with Crippen molar-refractivity contribution in [3.8, 4) is 0 Å². The number of ether oxygens (including phenoxy) is 1. The normalized spacial score (nSPS) is 21.6. The highest BCUT2D eigenvalue weighted by Gasteiger charge is 2.36. The van der Waals surface area contributed by atoms with Crippen LogP contribution in [0.2, 0.25) is 0 Å². The Bertz CT molecular complexity index is 578. The first-order valence-corrected chi connectivity index (χ1v) is 10.1. The van der Waals surface area contributed by atoms with Gasteiger partial charge in [-0.1, -0.05) is 13.8 Å². The summed E-state index contributed by atoms with van der Waals surface area (Å²) in [6.45, 7) is 8.14. The summed E-state index contributed by atoms with van der Waals surface area (Å²) in [7, 11) is 0. The fraction of sp³-hybridized carbons (Fsp3) is 0.789. The third kappa shape index (κ3) is 9.88. The third-order valence-electron chi connectivity index (χ3n) is 4.76. The molecule has 11 heteroatoms. The Hall–Kier alpha value is -2.40. The summed E-state index contributed by atoms with van der Waals surface area (Å²) in [5, 5.41) is 28.5. The summed E-state index contributed by atoms with van der Waals surface area (Å²) in [5.74, 6) is -1.85. The largest absolute Gasteiger partial charge is 0.481 e. The number of likely N-dealkylation sites (tertiary alicyclic amines) is 1. The van der Waals surface area contributed by atoms with E-state index in [4.69, 9.17) is 14.9 Å². The Morgan fingerprint density at radius 2 is 1.53 bits per heavy atom. The fourth-order valence-electron chi connectivity index (χ4n) is 3.24. The van der Waals surface area contributed by atoms with E-state index in [9.17, 15) is 24.3 Å². The molecule has 2 atom stereocenters. The molecule has 30 heavy (non-hydrogen) atoms. The van der Waals surface area contributed by atoms with E-state index < -0.39 is 18.0 Å². The minimum Gasteiger partial charge on any atom is -0.481 e. The molecule has 0 aromatic carbocycles. The lowest BCUT2D eigenvalue weighted by Gasteiger charge is -2.39. The van der Waals surface area contributed by atoms with Crippen LogP contribution in [0.25, 0.3) is 0 Å². The number of amides is 2. The minimum absolute atomic E-state index is 0.0437. The number of hydrogen-bond donors (Lipinski definition) is 4. The van der Waals surface area contributed by atoms with E-state index in [1.54, 1.807) is 4.90 Å². The van der Waals surface area contributed by atoms with Crippen LogP contribution in [0.15, 0.2) is 0 Å². The van der Waals surface area contributed by atoms with E-state index in [-0.39, 0.29) is 30.7 Å². The lowest BCUT2D eigenvalue weighted by Crippen LogP contribution is -2.55. The standard InChI is InChI=1S/C15H27N3O4.C4H6O4/c1-11(2)8-16-13-7-12(9-18(10-13)15(20)21)14(19)17-3-5-22-6-4-17;5-3(6)1-2-4(7)8/h11-13,16H,3-10H2,1-2H3,(H,20,21);1-2H2,(H,5,6)(H,7,8)/t12-,13+;/m1./s1. The molecule has 0 unspecified atom stereocenters. The number of hydrogen-bond acceptors (Lipinski definition) is 6. The second-order valence-electron chi connectivity index (χ2n) is 7.84. The van der Waals surface area contributed by atoms with Gasteiger partial charge in [-0.05, 0) is 18.9 Å². The summed E-state index contributed by atoms with van der Waals surface area (Å²) >= 11 is 0. The van der Waals surface area contributed by atoms with Crippen LogP contribution in [0.4, 0.5) is 4.79 Å². The molecule has 0 aliphatic carbocycles. The molecule has 2 aliphatic heterocycles. The number of carboxylic acids is 2. The van der Waals surface area contributed by atoms with E-state index in [1.165, 1.54) is 4.90 Å². The smallest absolute Gasteiger partial charge is 0.407 e. The van der Waals surface area contributed by atoms with Gasteiger partial charge in [0.25, 0.3) is 0 Å². The van der Waals surface area contributed by atoms with Crippen LogP contribution >= 0.6 is 0 Å². The average Bonchev–Trinajstić information content (AvgIpc) is 2.71. The first-order chi connectivity index (χ1) is 14.1. The van der Waals surface area contributed by atoms with Crippen molar-refractivity contribution in [1.29, 1.82) is 0 Å². The van der Waals surface area contributed by atoms with Crippen molar-refractivity contribution in [3.05, 3.63) is 0 Å². The number of nitrogens with zero attached hydrogens (tertiary/aromatic N) is 2. The van der Waals surface area contributed by atoms with Crippen LogP contribution < -0.4 is 5.32 Å². The van der Waals surface area contributed by atoms with Crippen molar-refractivity contribution in [2.75, 3.05) is 45.9 Å². The summed E-state index contributed by atoms with van der Waals surface area (Å²) in [4.78, 5) is 46.4. The van der Waals surface area contributed by atoms with E-state index in [0.29, 0.717) is 51.7 Å². The van der Waals surface area contributed by atoms with Crippen molar-refractivity contribution < 1.29 is 39.2 Å². The zero-order chi connectivity index (χ0) is 22.7. The van der Waals surface area contributed by atoms with Gasteiger partial charge in [0.05, 0.1) is 32.0 Å². The Kier molecular flexibility index (Phi) is 11.1. The molecular formula is C19H33N3O8. The van der Waals surface area contributed by atoms with Crippen molar-refractivity contribution in [3.63, 3.8) is 0 Å². The molecule has 0 radical (unpaired) electrons. The van der Waals surface area contributed by atoms with Crippen LogP contribution in [0.3, 0.4) is 0 Å². The Morgan fingerprint density at radius 3 is 2.00 bits per heavy atom. The molecule has 11 nitrogen and oxygen atoms in total. The van der Waals surface area contributed by atoms with Crippen molar-refractivity contribution in [1.82, 2.24) is 15.1 Å². The van der Waals surface area contributed by atoms with Crippen molar-refractivity contribution >= 4 is 23.9 Å². The maximum Gasteiger partial charge on any atom is 0.407 e. The monoisotopic (exact) mass is 431 g/mol. The molecule has 2 heterocycles. The number of carbonyl (C=O) groups excluding carboxylic acids is 1. The first kappa shape index (κ1) is 25.6. The Labute approximate surface area is 176 Å². The van der Waals surface area contributed by atoms with Crippen LogP contribution in [-0.2, 0) is 19.1 Å². The number of carbonyl (C=O) groups is 4. The lowest BCUT2D eigenvalue weighted by molar-refractivity contribution is -0.143. The summed E-state index contributed by atoms with van der Waals surface area (Å²) in [6.07, 6.45) is -0.840.